The zero-order chi connectivity index (χ0) is 27.0. The lowest BCUT2D eigenvalue weighted by Crippen LogP contribution is -2.38. The Morgan fingerprint density at radius 2 is 1.97 bits per heavy atom. The lowest BCUT2D eigenvalue weighted by molar-refractivity contribution is -0.0583. The first-order valence-corrected chi connectivity index (χ1v) is 12.1. The third-order valence-electron chi connectivity index (χ3n) is 6.82. The van der Waals surface area contributed by atoms with Crippen LogP contribution in [0.2, 0.25) is 0 Å². The maximum atomic E-state index is 15.1. The lowest BCUT2D eigenvalue weighted by Gasteiger charge is -2.32. The Kier molecular flexibility index (Phi) is 7.52. The van der Waals surface area contributed by atoms with Crippen molar-refractivity contribution >= 4 is 16.7 Å². The van der Waals surface area contributed by atoms with Crippen LogP contribution in [0.3, 0.4) is 0 Å². The first kappa shape index (κ1) is 26.9. The lowest BCUT2D eigenvalue weighted by atomic mass is 9.90. The van der Waals surface area contributed by atoms with Gasteiger partial charge < -0.3 is 24.6 Å². The number of aliphatic hydroxyl groups is 1. The molecule has 4 rings (SSSR count). The van der Waals surface area contributed by atoms with E-state index in [-0.39, 0.29) is 11.5 Å². The molecular formula is C27H32F3N3O4. The van der Waals surface area contributed by atoms with Gasteiger partial charge in [-0.05, 0) is 46.2 Å². The number of aryl methyl sites for hydroxylation is 1. The molecule has 0 aliphatic carbocycles. The number of rotatable bonds is 9. The van der Waals surface area contributed by atoms with Crippen LogP contribution in [-0.2, 0) is 10.7 Å². The number of benzene rings is 2. The molecule has 1 saturated heterocycles. The summed E-state index contributed by atoms with van der Waals surface area (Å²) in [5.74, 6) is -2.73. The highest BCUT2D eigenvalue weighted by atomic mass is 19.3. The standard InChI is InChI=1S/C27H32F3N3O4/c1-15(18-7-6-8-20(24(18)28)27(29,30)14-34)31-25-19-11-23(37-26(3,4)17-9-10-36-13-17)22(35-5)12-21(19)32-16(2)33-25/h6-8,11-12,15,17,34H,9-10,13-14H2,1-5H3,(H,31,32,33)/t15-,17?/m1/s1. The Hall–Kier alpha value is -3.11. The molecule has 1 unspecified atom stereocenters. The summed E-state index contributed by atoms with van der Waals surface area (Å²) >= 11 is 0. The van der Waals surface area contributed by atoms with E-state index in [1.807, 2.05) is 13.8 Å². The fraction of sp³-hybridized carbons (Fsp3) is 0.481. The van der Waals surface area contributed by atoms with E-state index < -0.39 is 35.6 Å². The van der Waals surface area contributed by atoms with E-state index in [1.165, 1.54) is 12.1 Å². The molecule has 1 aromatic heterocycles. The van der Waals surface area contributed by atoms with E-state index in [9.17, 15) is 8.78 Å². The van der Waals surface area contributed by atoms with E-state index >= 15 is 4.39 Å². The van der Waals surface area contributed by atoms with Gasteiger partial charge in [-0.3, -0.25) is 0 Å². The van der Waals surface area contributed by atoms with E-state index in [1.54, 1.807) is 33.1 Å². The first-order valence-electron chi connectivity index (χ1n) is 12.1. The van der Waals surface area contributed by atoms with Gasteiger partial charge in [-0.25, -0.2) is 14.4 Å². The molecule has 37 heavy (non-hydrogen) atoms. The zero-order valence-electron chi connectivity index (χ0n) is 21.6. The van der Waals surface area contributed by atoms with Gasteiger partial charge in [-0.2, -0.15) is 8.78 Å². The van der Waals surface area contributed by atoms with E-state index in [4.69, 9.17) is 19.3 Å². The zero-order valence-corrected chi connectivity index (χ0v) is 21.6. The molecule has 0 radical (unpaired) electrons. The van der Waals surface area contributed by atoms with Crippen molar-refractivity contribution in [2.75, 3.05) is 32.2 Å². The molecule has 1 aliphatic heterocycles. The largest absolute Gasteiger partial charge is 0.493 e. The van der Waals surface area contributed by atoms with Gasteiger partial charge in [0.1, 0.15) is 29.7 Å². The summed E-state index contributed by atoms with van der Waals surface area (Å²) in [6.45, 7) is 7.17. The Balaban J connectivity index is 1.73. The minimum Gasteiger partial charge on any atom is -0.493 e. The predicted molar refractivity (Wildman–Crippen MR) is 134 cm³/mol. The SMILES string of the molecule is COc1cc2nc(C)nc(N[C@H](C)c3cccc(C(F)(F)CO)c3F)c2cc1OC(C)(C)C1CCOC1. The van der Waals surface area contributed by atoms with Gasteiger partial charge in [0, 0.05) is 29.5 Å². The van der Waals surface area contributed by atoms with Crippen LogP contribution in [0.5, 0.6) is 11.5 Å². The van der Waals surface area contributed by atoms with Crippen LogP contribution in [0, 0.1) is 18.7 Å². The average Bonchev–Trinajstić information content (AvgIpc) is 3.40. The van der Waals surface area contributed by atoms with Crippen LogP contribution in [0.1, 0.15) is 50.2 Å². The van der Waals surface area contributed by atoms with Crippen molar-refractivity contribution in [2.45, 2.75) is 51.7 Å². The molecule has 2 N–H and O–H groups in total. The summed E-state index contributed by atoms with van der Waals surface area (Å²) in [7, 11) is 1.55. The van der Waals surface area contributed by atoms with Crippen LogP contribution in [0.25, 0.3) is 10.9 Å². The van der Waals surface area contributed by atoms with Gasteiger partial charge in [0.25, 0.3) is 5.92 Å². The van der Waals surface area contributed by atoms with Crippen molar-refractivity contribution in [1.82, 2.24) is 9.97 Å². The molecule has 1 fully saturated rings. The highest BCUT2D eigenvalue weighted by Crippen LogP contribution is 2.40. The molecule has 0 spiro atoms. The fourth-order valence-electron chi connectivity index (χ4n) is 4.59. The van der Waals surface area contributed by atoms with Crippen molar-refractivity contribution in [3.8, 4) is 11.5 Å². The molecule has 200 valence electrons. The summed E-state index contributed by atoms with van der Waals surface area (Å²) in [5, 5.41) is 12.8. The molecule has 1 aliphatic rings. The summed E-state index contributed by atoms with van der Waals surface area (Å²) in [5.41, 5.74) is -0.800. The van der Waals surface area contributed by atoms with Crippen LogP contribution < -0.4 is 14.8 Å². The third kappa shape index (κ3) is 5.45. The number of fused-ring (bicyclic) bond motifs is 1. The van der Waals surface area contributed by atoms with Crippen molar-refractivity contribution in [3.63, 3.8) is 0 Å². The molecule has 2 aromatic carbocycles. The Bertz CT molecular complexity index is 1280. The normalized spacial score (nSPS) is 17.2. The number of methoxy groups -OCH3 is 1. The average molecular weight is 520 g/mol. The molecule has 3 aromatic rings. The van der Waals surface area contributed by atoms with E-state index in [0.717, 1.165) is 12.5 Å². The molecule has 0 saturated carbocycles. The monoisotopic (exact) mass is 519 g/mol. The quantitative estimate of drug-likeness (QED) is 0.384. The third-order valence-corrected chi connectivity index (χ3v) is 6.82. The van der Waals surface area contributed by atoms with Gasteiger partial charge >= 0.3 is 0 Å². The van der Waals surface area contributed by atoms with Crippen LogP contribution in [0.4, 0.5) is 19.0 Å². The number of aromatic nitrogens is 2. The number of hydrogen-bond donors (Lipinski definition) is 2. The highest BCUT2D eigenvalue weighted by molar-refractivity contribution is 5.92. The van der Waals surface area contributed by atoms with Crippen LogP contribution in [0.15, 0.2) is 30.3 Å². The summed E-state index contributed by atoms with van der Waals surface area (Å²) in [4.78, 5) is 9.01. The Morgan fingerprint density at radius 1 is 1.22 bits per heavy atom. The number of alkyl halides is 2. The maximum Gasteiger partial charge on any atom is 0.298 e. The second-order valence-electron chi connectivity index (χ2n) is 9.84. The Labute approximate surface area is 214 Å². The number of hydrogen-bond acceptors (Lipinski definition) is 7. The summed E-state index contributed by atoms with van der Waals surface area (Å²) in [6, 6.07) is 6.52. The maximum absolute atomic E-state index is 15.1. The molecule has 2 heterocycles. The van der Waals surface area contributed by atoms with Gasteiger partial charge in [0.05, 0.1) is 30.8 Å². The molecule has 10 heteroatoms. The molecule has 0 amide bonds. The molecule has 0 bridgehead atoms. The van der Waals surface area contributed by atoms with Gasteiger partial charge in [-0.15, -0.1) is 0 Å². The van der Waals surface area contributed by atoms with Crippen molar-refractivity contribution in [3.05, 3.63) is 53.1 Å². The number of ether oxygens (including phenoxy) is 3. The second-order valence-corrected chi connectivity index (χ2v) is 9.84. The minimum absolute atomic E-state index is 0.0161. The Morgan fingerprint density at radius 3 is 2.62 bits per heavy atom. The van der Waals surface area contributed by atoms with E-state index in [0.29, 0.717) is 47.3 Å². The number of nitrogens with one attached hydrogen (secondary N) is 1. The van der Waals surface area contributed by atoms with Crippen molar-refractivity contribution < 1.29 is 32.5 Å². The smallest absolute Gasteiger partial charge is 0.298 e. The van der Waals surface area contributed by atoms with E-state index in [2.05, 4.69) is 15.3 Å². The summed E-state index contributed by atoms with van der Waals surface area (Å²) < 4.78 is 60.8. The van der Waals surface area contributed by atoms with Crippen LogP contribution in [-0.4, -0.2) is 47.6 Å². The fourth-order valence-corrected chi connectivity index (χ4v) is 4.59. The molecule has 2 atom stereocenters. The minimum atomic E-state index is -3.70. The topological polar surface area (TPSA) is 85.7 Å². The summed E-state index contributed by atoms with van der Waals surface area (Å²) in [6.07, 6.45) is 0.884. The predicted octanol–water partition coefficient (Wildman–Crippen LogP) is 5.54. The van der Waals surface area contributed by atoms with Gasteiger partial charge in [-0.1, -0.05) is 12.1 Å². The van der Waals surface area contributed by atoms with Crippen molar-refractivity contribution in [1.29, 1.82) is 0 Å². The van der Waals surface area contributed by atoms with Gasteiger partial charge in [0.2, 0.25) is 0 Å². The number of aliphatic hydroxyl groups excluding tert-OH is 1. The van der Waals surface area contributed by atoms with Crippen LogP contribution >= 0.6 is 0 Å². The number of halogens is 3. The molecule has 7 nitrogen and oxygen atoms in total. The van der Waals surface area contributed by atoms with Gasteiger partial charge in [0.15, 0.2) is 11.5 Å². The number of anilines is 1. The van der Waals surface area contributed by atoms with Crippen molar-refractivity contribution in [2.24, 2.45) is 5.92 Å². The highest BCUT2D eigenvalue weighted by Gasteiger charge is 2.36. The first-order chi connectivity index (χ1) is 17.5. The molecular weight excluding hydrogens is 487 g/mol. The number of nitrogens with zero attached hydrogens (tertiary/aromatic N) is 2. The second kappa shape index (κ2) is 10.3.